The molecule has 0 atom stereocenters. The number of nitrogens with two attached hydrogens (primary N) is 1. The van der Waals surface area contributed by atoms with Gasteiger partial charge in [-0.25, -0.2) is 4.39 Å². The molecular weight excluding hydrogens is 343 g/mol. The zero-order valence-corrected chi connectivity index (χ0v) is 14.4. The van der Waals surface area contributed by atoms with Gasteiger partial charge in [-0.3, -0.25) is 18.8 Å². The van der Waals surface area contributed by atoms with Gasteiger partial charge >= 0.3 is 0 Å². The van der Waals surface area contributed by atoms with Gasteiger partial charge in [-0.15, -0.1) is 0 Å². The minimum Gasteiger partial charge on any atom is -0.506 e. The van der Waals surface area contributed by atoms with Crippen molar-refractivity contribution >= 4 is 35.1 Å². The van der Waals surface area contributed by atoms with Crippen molar-refractivity contribution < 1.29 is 14.3 Å². The first-order chi connectivity index (χ1) is 12.0. The first kappa shape index (κ1) is 16.3. The molecule has 0 bridgehead atoms. The van der Waals surface area contributed by atoms with E-state index in [1.54, 1.807) is 6.08 Å². The number of nitrogens with zero attached hydrogens (tertiary/aromatic N) is 2. The lowest BCUT2D eigenvalue weighted by Gasteiger charge is -2.18. The lowest BCUT2D eigenvalue weighted by Crippen LogP contribution is -2.17. The summed E-state index contributed by atoms with van der Waals surface area (Å²) in [5.41, 5.74) is 7.55. The Morgan fingerprint density at radius 3 is 2.76 bits per heavy atom. The monoisotopic (exact) mass is 362 g/mol. The van der Waals surface area contributed by atoms with E-state index < -0.39 is 5.82 Å². The van der Waals surface area contributed by atoms with Gasteiger partial charge in [0.25, 0.3) is 5.91 Å². The van der Waals surface area contributed by atoms with Crippen molar-refractivity contribution in [3.63, 3.8) is 0 Å². The number of hydrogen-bond acceptors (Lipinski definition) is 6. The Labute approximate surface area is 149 Å². The highest BCUT2D eigenvalue weighted by Crippen LogP contribution is 2.39. The molecule has 1 amide bonds. The zero-order valence-electron chi connectivity index (χ0n) is 13.5. The van der Waals surface area contributed by atoms with E-state index in [9.17, 15) is 14.3 Å². The van der Waals surface area contributed by atoms with Crippen LogP contribution in [0.3, 0.4) is 0 Å². The molecule has 0 unspecified atom stereocenters. The summed E-state index contributed by atoms with van der Waals surface area (Å²) in [6.07, 6.45) is 6.16. The second-order valence-corrected chi connectivity index (χ2v) is 7.43. The van der Waals surface area contributed by atoms with Crippen molar-refractivity contribution in [2.24, 2.45) is 16.6 Å². The summed E-state index contributed by atoms with van der Waals surface area (Å²) in [7, 11) is 0. The molecule has 3 aliphatic rings. The second kappa shape index (κ2) is 6.25. The van der Waals surface area contributed by atoms with Gasteiger partial charge in [0.1, 0.15) is 18.0 Å². The van der Waals surface area contributed by atoms with Gasteiger partial charge in [0.15, 0.2) is 5.82 Å². The molecular formula is C17H19FN4O2S. The molecule has 1 aliphatic heterocycles. The number of amides is 1. The number of phenols is 1. The first-order valence-electron chi connectivity index (χ1n) is 8.33. The summed E-state index contributed by atoms with van der Waals surface area (Å²) < 4.78 is 18.9. The fourth-order valence-corrected chi connectivity index (χ4v) is 3.45. The molecule has 0 spiro atoms. The number of carbonyl (C=O) groups excluding carboxylic acids is 1. The van der Waals surface area contributed by atoms with Crippen LogP contribution < -0.4 is 14.8 Å². The molecule has 2 saturated carbocycles. The van der Waals surface area contributed by atoms with E-state index >= 15 is 0 Å². The minimum absolute atomic E-state index is 0.0291. The SMILES string of the molecule is N/C(=C\C(=NC1CC1)C1CC1)c1ccc(O)c(N2CC(=O)NS2)c1F. The van der Waals surface area contributed by atoms with Crippen LogP contribution in [0.2, 0.25) is 0 Å². The smallest absolute Gasteiger partial charge is 0.251 e. The predicted molar refractivity (Wildman–Crippen MR) is 96.5 cm³/mol. The molecule has 3 fully saturated rings. The van der Waals surface area contributed by atoms with Crippen molar-refractivity contribution in [2.45, 2.75) is 31.7 Å². The van der Waals surface area contributed by atoms with E-state index in [0.717, 1.165) is 43.5 Å². The van der Waals surface area contributed by atoms with Crippen LogP contribution in [0, 0.1) is 11.7 Å². The topological polar surface area (TPSA) is 91.0 Å². The maximum Gasteiger partial charge on any atom is 0.251 e. The molecule has 1 aromatic carbocycles. The van der Waals surface area contributed by atoms with Gasteiger partial charge in [-0.2, -0.15) is 0 Å². The molecule has 4 N–H and O–H groups in total. The van der Waals surface area contributed by atoms with Gasteiger partial charge in [0, 0.05) is 22.9 Å². The number of carbonyl (C=O) groups is 1. The van der Waals surface area contributed by atoms with Gasteiger partial charge in [-0.05, 0) is 43.9 Å². The van der Waals surface area contributed by atoms with Gasteiger partial charge in [-0.1, -0.05) is 0 Å². The average Bonchev–Trinajstić information content (AvgIpc) is 3.47. The van der Waals surface area contributed by atoms with E-state index in [1.807, 2.05) is 0 Å². The number of hydrogen-bond donors (Lipinski definition) is 3. The van der Waals surface area contributed by atoms with Crippen molar-refractivity contribution in [3.8, 4) is 5.75 Å². The Hall–Kier alpha value is -2.22. The van der Waals surface area contributed by atoms with Gasteiger partial charge < -0.3 is 10.8 Å². The van der Waals surface area contributed by atoms with Crippen LogP contribution in [-0.2, 0) is 4.79 Å². The third-order valence-corrected chi connectivity index (χ3v) is 5.24. The van der Waals surface area contributed by atoms with Crippen LogP contribution in [0.1, 0.15) is 31.2 Å². The standard InChI is InChI=1S/C17H19FN4O2S/c18-16-11(5-6-14(23)17(16)22-8-15(24)21-25-22)12(19)7-13(9-1-2-9)20-10-3-4-10/h5-7,9-10,23H,1-4,8,19H2,(H,21,24)/b12-7-,20-13?. The van der Waals surface area contributed by atoms with Crippen LogP contribution >= 0.6 is 12.1 Å². The van der Waals surface area contributed by atoms with Gasteiger partial charge in [0.05, 0.1) is 18.2 Å². The number of aromatic hydroxyl groups is 1. The third-order valence-electron chi connectivity index (χ3n) is 4.39. The Morgan fingerprint density at radius 2 is 2.16 bits per heavy atom. The van der Waals surface area contributed by atoms with Crippen LogP contribution in [0.4, 0.5) is 10.1 Å². The summed E-state index contributed by atoms with van der Waals surface area (Å²) in [4.78, 5) is 16.1. The number of phenolic OH excluding ortho intramolecular Hbond substituents is 1. The fraction of sp³-hybridized carbons (Fsp3) is 0.412. The lowest BCUT2D eigenvalue weighted by molar-refractivity contribution is -0.117. The highest BCUT2D eigenvalue weighted by molar-refractivity contribution is 7.99. The summed E-state index contributed by atoms with van der Waals surface area (Å²) in [5.74, 6) is -0.688. The summed E-state index contributed by atoms with van der Waals surface area (Å²) >= 11 is 0.948. The highest BCUT2D eigenvalue weighted by atomic mass is 32.2. The van der Waals surface area contributed by atoms with Crippen molar-refractivity contribution in [1.82, 2.24) is 4.72 Å². The zero-order chi connectivity index (χ0) is 17.6. The Balaban J connectivity index is 1.67. The minimum atomic E-state index is -0.640. The van der Waals surface area contributed by atoms with Crippen LogP contribution in [0.15, 0.2) is 23.2 Å². The normalized spacial score (nSPS) is 21.6. The summed E-state index contributed by atoms with van der Waals surface area (Å²) in [5, 5.41) is 10.0. The molecule has 25 heavy (non-hydrogen) atoms. The van der Waals surface area contributed by atoms with Crippen LogP contribution in [0.5, 0.6) is 5.75 Å². The Morgan fingerprint density at radius 1 is 1.40 bits per heavy atom. The Kier molecular flexibility index (Phi) is 4.07. The maximum atomic E-state index is 15.0. The largest absolute Gasteiger partial charge is 0.506 e. The summed E-state index contributed by atoms with van der Waals surface area (Å²) in [6, 6.07) is 3.24. The maximum absolute atomic E-state index is 15.0. The molecule has 6 nitrogen and oxygen atoms in total. The predicted octanol–water partition coefficient (Wildman–Crippen LogP) is 2.34. The third kappa shape index (κ3) is 3.44. The quantitative estimate of drug-likeness (QED) is 0.552. The van der Waals surface area contributed by atoms with Crippen molar-refractivity contribution in [1.29, 1.82) is 0 Å². The molecule has 4 rings (SSSR count). The van der Waals surface area contributed by atoms with Crippen molar-refractivity contribution in [2.75, 3.05) is 10.8 Å². The number of aliphatic imine (C=N–C) groups is 1. The van der Waals surface area contributed by atoms with E-state index in [2.05, 4.69) is 4.72 Å². The second-order valence-electron chi connectivity index (χ2n) is 6.61. The van der Waals surface area contributed by atoms with E-state index in [4.69, 9.17) is 10.7 Å². The van der Waals surface area contributed by atoms with E-state index in [0.29, 0.717) is 12.0 Å². The lowest BCUT2D eigenvalue weighted by atomic mass is 10.1. The molecule has 0 radical (unpaired) electrons. The highest BCUT2D eigenvalue weighted by Gasteiger charge is 2.31. The molecule has 0 aromatic heterocycles. The first-order valence-corrected chi connectivity index (χ1v) is 9.10. The van der Waals surface area contributed by atoms with Crippen LogP contribution in [-0.4, -0.2) is 29.3 Å². The molecule has 1 aromatic rings. The average molecular weight is 362 g/mol. The van der Waals surface area contributed by atoms with Crippen LogP contribution in [0.25, 0.3) is 5.70 Å². The molecule has 8 heteroatoms. The molecule has 2 aliphatic carbocycles. The number of allylic oxidation sites excluding steroid dienone is 1. The van der Waals surface area contributed by atoms with Gasteiger partial charge in [0.2, 0.25) is 0 Å². The number of halogens is 1. The number of anilines is 1. The summed E-state index contributed by atoms with van der Waals surface area (Å²) in [6.45, 7) is -0.0291. The number of nitrogens with one attached hydrogen (secondary N) is 1. The molecule has 132 valence electrons. The molecule has 1 heterocycles. The fourth-order valence-electron chi connectivity index (χ4n) is 2.73. The van der Waals surface area contributed by atoms with Crippen molar-refractivity contribution in [3.05, 3.63) is 29.6 Å². The Bertz CT molecular complexity index is 787. The number of benzene rings is 1. The number of rotatable bonds is 5. The van der Waals surface area contributed by atoms with E-state index in [-0.39, 0.29) is 35.1 Å². The van der Waals surface area contributed by atoms with E-state index in [1.165, 1.54) is 16.4 Å². The molecule has 1 saturated heterocycles.